The number of tetrazole rings is 1. The third-order valence-electron chi connectivity index (χ3n) is 1.62. The van der Waals surface area contributed by atoms with Crippen molar-refractivity contribution in [3.63, 3.8) is 0 Å². The van der Waals surface area contributed by atoms with Gasteiger partial charge < -0.3 is 5.11 Å². The highest BCUT2D eigenvalue weighted by molar-refractivity contribution is 6.37. The van der Waals surface area contributed by atoms with Gasteiger partial charge in [0.25, 0.3) is 0 Å². The SMILES string of the molecule is Oc1c(Cl)cc(-n2cnnn2)cc1Cl. The molecular formula is C7H4Cl2N4O. The summed E-state index contributed by atoms with van der Waals surface area (Å²) in [5.74, 6) is -0.148. The first-order chi connectivity index (χ1) is 6.68. The van der Waals surface area contributed by atoms with Crippen LogP contribution in [0.1, 0.15) is 0 Å². The lowest BCUT2D eigenvalue weighted by atomic mass is 10.3. The van der Waals surface area contributed by atoms with E-state index in [1.165, 1.54) is 23.1 Å². The molecule has 0 spiro atoms. The number of halogens is 2. The van der Waals surface area contributed by atoms with E-state index in [9.17, 15) is 5.11 Å². The standard InChI is InChI=1S/C7H4Cl2N4O/c8-5-1-4(2-6(9)7(5)14)13-3-10-11-12-13/h1-3,14H. The van der Waals surface area contributed by atoms with E-state index in [0.29, 0.717) is 5.69 Å². The minimum atomic E-state index is -0.148. The Hall–Kier alpha value is -1.33. The molecule has 0 bridgehead atoms. The number of phenolic OH excluding ortho intramolecular Hbond substituents is 1. The van der Waals surface area contributed by atoms with Crippen molar-refractivity contribution >= 4 is 23.2 Å². The maximum atomic E-state index is 9.30. The first kappa shape index (κ1) is 9.23. The Kier molecular flexibility index (Phi) is 2.26. The summed E-state index contributed by atoms with van der Waals surface area (Å²) in [6.45, 7) is 0. The first-order valence-corrected chi connectivity index (χ1v) is 4.35. The Morgan fingerprint density at radius 2 is 1.86 bits per heavy atom. The van der Waals surface area contributed by atoms with Crippen molar-refractivity contribution in [3.05, 3.63) is 28.5 Å². The predicted octanol–water partition coefficient (Wildman–Crippen LogP) is 1.67. The van der Waals surface area contributed by atoms with E-state index in [4.69, 9.17) is 23.2 Å². The van der Waals surface area contributed by atoms with Gasteiger partial charge in [-0.15, -0.1) is 5.10 Å². The molecule has 0 unspecified atom stereocenters. The summed E-state index contributed by atoms with van der Waals surface area (Å²) >= 11 is 11.4. The van der Waals surface area contributed by atoms with Crippen molar-refractivity contribution in [1.82, 2.24) is 20.2 Å². The predicted molar refractivity (Wildman–Crippen MR) is 50.8 cm³/mol. The molecule has 0 radical (unpaired) electrons. The van der Waals surface area contributed by atoms with Gasteiger partial charge in [-0.05, 0) is 22.6 Å². The van der Waals surface area contributed by atoms with Gasteiger partial charge in [-0.1, -0.05) is 23.2 Å². The molecule has 1 N–H and O–H groups in total. The molecule has 0 aliphatic heterocycles. The molecule has 0 fully saturated rings. The summed E-state index contributed by atoms with van der Waals surface area (Å²) in [7, 11) is 0. The number of benzene rings is 1. The third-order valence-corrected chi connectivity index (χ3v) is 2.19. The van der Waals surface area contributed by atoms with Crippen LogP contribution < -0.4 is 0 Å². The van der Waals surface area contributed by atoms with Crippen LogP contribution >= 0.6 is 23.2 Å². The minimum absolute atomic E-state index is 0.148. The van der Waals surface area contributed by atoms with Crippen LogP contribution in [0.25, 0.3) is 5.69 Å². The lowest BCUT2D eigenvalue weighted by Crippen LogP contribution is -1.94. The lowest BCUT2D eigenvalue weighted by molar-refractivity contribution is 0.475. The van der Waals surface area contributed by atoms with Crippen molar-refractivity contribution in [3.8, 4) is 11.4 Å². The largest absolute Gasteiger partial charge is 0.505 e. The van der Waals surface area contributed by atoms with E-state index in [-0.39, 0.29) is 15.8 Å². The van der Waals surface area contributed by atoms with Crippen LogP contribution in [-0.2, 0) is 0 Å². The van der Waals surface area contributed by atoms with Gasteiger partial charge in [0.1, 0.15) is 6.33 Å². The summed E-state index contributed by atoms with van der Waals surface area (Å²) in [4.78, 5) is 0. The van der Waals surface area contributed by atoms with Crippen LogP contribution in [0.4, 0.5) is 0 Å². The van der Waals surface area contributed by atoms with Crippen molar-refractivity contribution in [1.29, 1.82) is 0 Å². The number of hydrogen-bond acceptors (Lipinski definition) is 4. The average Bonchev–Trinajstić information content (AvgIpc) is 2.66. The van der Waals surface area contributed by atoms with Crippen molar-refractivity contribution in [2.45, 2.75) is 0 Å². The molecule has 2 rings (SSSR count). The fourth-order valence-corrected chi connectivity index (χ4v) is 1.44. The van der Waals surface area contributed by atoms with Crippen molar-refractivity contribution < 1.29 is 5.11 Å². The van der Waals surface area contributed by atoms with E-state index in [1.54, 1.807) is 0 Å². The molecule has 0 aliphatic carbocycles. The number of hydrogen-bond donors (Lipinski definition) is 1. The van der Waals surface area contributed by atoms with Gasteiger partial charge in [0.2, 0.25) is 0 Å². The molecule has 1 aromatic carbocycles. The maximum absolute atomic E-state index is 9.30. The Morgan fingerprint density at radius 1 is 1.21 bits per heavy atom. The zero-order chi connectivity index (χ0) is 10.1. The van der Waals surface area contributed by atoms with Crippen molar-refractivity contribution in [2.75, 3.05) is 0 Å². The highest BCUT2D eigenvalue weighted by Gasteiger charge is 2.08. The molecule has 1 aromatic heterocycles. The van der Waals surface area contributed by atoms with E-state index >= 15 is 0 Å². The Balaban J connectivity index is 2.57. The highest BCUT2D eigenvalue weighted by atomic mass is 35.5. The molecule has 0 atom stereocenters. The summed E-state index contributed by atoms with van der Waals surface area (Å²) < 4.78 is 1.39. The molecule has 0 amide bonds. The topological polar surface area (TPSA) is 63.8 Å². The van der Waals surface area contributed by atoms with E-state index in [2.05, 4.69) is 15.5 Å². The van der Waals surface area contributed by atoms with E-state index in [1.807, 2.05) is 0 Å². The van der Waals surface area contributed by atoms with Gasteiger partial charge in [0.15, 0.2) is 5.75 Å². The molecule has 0 saturated heterocycles. The van der Waals surface area contributed by atoms with Gasteiger partial charge in [-0.25, -0.2) is 4.68 Å². The smallest absolute Gasteiger partial charge is 0.152 e. The second-order valence-corrected chi connectivity index (χ2v) is 3.33. The van der Waals surface area contributed by atoms with Crippen LogP contribution in [0.15, 0.2) is 18.5 Å². The molecule has 14 heavy (non-hydrogen) atoms. The summed E-state index contributed by atoms with van der Waals surface area (Å²) in [5, 5.41) is 20.2. The van der Waals surface area contributed by atoms with Crippen LogP contribution in [0.5, 0.6) is 5.75 Å². The van der Waals surface area contributed by atoms with Gasteiger partial charge in [-0.2, -0.15) is 0 Å². The second-order valence-electron chi connectivity index (χ2n) is 2.51. The quantitative estimate of drug-likeness (QED) is 0.810. The molecule has 0 saturated carbocycles. The van der Waals surface area contributed by atoms with Gasteiger partial charge >= 0.3 is 0 Å². The van der Waals surface area contributed by atoms with Crippen LogP contribution in [-0.4, -0.2) is 25.3 Å². The fourth-order valence-electron chi connectivity index (χ4n) is 0.964. The third kappa shape index (κ3) is 1.51. The highest BCUT2D eigenvalue weighted by Crippen LogP contribution is 2.33. The number of aromatic hydroxyl groups is 1. The van der Waals surface area contributed by atoms with Crippen LogP contribution in [0.2, 0.25) is 10.0 Å². The molecule has 0 aliphatic rings. The molecule has 7 heteroatoms. The minimum Gasteiger partial charge on any atom is -0.505 e. The number of rotatable bonds is 1. The van der Waals surface area contributed by atoms with E-state index < -0.39 is 0 Å². The summed E-state index contributed by atoms with van der Waals surface area (Å²) in [6, 6.07) is 3.03. The van der Waals surface area contributed by atoms with Gasteiger partial charge in [0.05, 0.1) is 15.7 Å². The zero-order valence-electron chi connectivity index (χ0n) is 6.72. The zero-order valence-corrected chi connectivity index (χ0v) is 8.24. The number of phenols is 1. The van der Waals surface area contributed by atoms with Crippen LogP contribution in [0.3, 0.4) is 0 Å². The summed E-state index contributed by atoms with van der Waals surface area (Å²) in [5.41, 5.74) is 0.586. The molecule has 2 aromatic rings. The van der Waals surface area contributed by atoms with Gasteiger partial charge in [-0.3, -0.25) is 0 Å². The second kappa shape index (κ2) is 3.43. The normalized spacial score (nSPS) is 10.4. The fraction of sp³-hybridized carbons (Fsp3) is 0. The maximum Gasteiger partial charge on any atom is 0.152 e. The molecule has 72 valence electrons. The van der Waals surface area contributed by atoms with Crippen molar-refractivity contribution in [2.24, 2.45) is 0 Å². The number of nitrogens with zero attached hydrogens (tertiary/aromatic N) is 4. The van der Waals surface area contributed by atoms with Crippen LogP contribution in [0, 0.1) is 0 Å². The average molecular weight is 231 g/mol. The van der Waals surface area contributed by atoms with E-state index in [0.717, 1.165) is 0 Å². The Bertz CT molecular complexity index is 434. The molecular weight excluding hydrogens is 227 g/mol. The Morgan fingerprint density at radius 3 is 2.36 bits per heavy atom. The number of aromatic nitrogens is 4. The molecule has 1 heterocycles. The molecule has 5 nitrogen and oxygen atoms in total. The summed E-state index contributed by atoms with van der Waals surface area (Å²) in [6.07, 6.45) is 1.40. The Labute approximate surface area is 88.9 Å². The monoisotopic (exact) mass is 230 g/mol. The first-order valence-electron chi connectivity index (χ1n) is 3.60. The lowest BCUT2D eigenvalue weighted by Gasteiger charge is -2.03. The van der Waals surface area contributed by atoms with Gasteiger partial charge in [0, 0.05) is 0 Å².